The van der Waals surface area contributed by atoms with Gasteiger partial charge in [-0.3, -0.25) is 0 Å². The summed E-state index contributed by atoms with van der Waals surface area (Å²) in [6.07, 6.45) is 1.69. The van der Waals surface area contributed by atoms with E-state index in [0.717, 1.165) is 32.5 Å². The number of hydrogen-bond donors (Lipinski definition) is 1. The molecule has 0 spiro atoms. The van der Waals surface area contributed by atoms with Crippen molar-refractivity contribution in [2.75, 3.05) is 37.6 Å². The number of amides is 2. The Morgan fingerprint density at radius 2 is 2.00 bits per heavy atom. The summed E-state index contributed by atoms with van der Waals surface area (Å²) < 4.78 is 5.52. The summed E-state index contributed by atoms with van der Waals surface area (Å²) in [7, 11) is 0. The van der Waals surface area contributed by atoms with Crippen molar-refractivity contribution < 1.29 is 9.21 Å². The highest BCUT2D eigenvalue weighted by atomic mass is 16.4. The number of hydrogen-bond acceptors (Lipinski definition) is 5. The van der Waals surface area contributed by atoms with Gasteiger partial charge in [-0.25, -0.2) is 4.79 Å². The van der Waals surface area contributed by atoms with Crippen molar-refractivity contribution in [1.29, 1.82) is 0 Å². The van der Waals surface area contributed by atoms with Crippen molar-refractivity contribution in [2.24, 2.45) is 0 Å². The monoisotopic (exact) mass is 267 g/mol. The molecule has 106 valence electrons. The molecule has 0 atom stereocenters. The smallest absolute Gasteiger partial charge is 0.318 e. The minimum absolute atomic E-state index is 0.0151. The molecule has 0 aromatic carbocycles. The lowest BCUT2D eigenvalue weighted by atomic mass is 10.3. The number of nitrogens with one attached hydrogen (secondary N) is 1. The van der Waals surface area contributed by atoms with E-state index in [9.17, 15) is 4.79 Å². The summed E-state index contributed by atoms with van der Waals surface area (Å²) >= 11 is 0. The molecule has 7 nitrogen and oxygen atoms in total. The molecular weight excluding hydrogens is 246 g/mol. The third-order valence-electron chi connectivity index (χ3n) is 3.12. The molecule has 1 N–H and O–H groups in total. The molecule has 1 fully saturated rings. The standard InChI is InChI=1S/C12H21N5O2/c1-3-5-13-11(18)16-6-8-17(9-7-16)12-15-14-10(4-2)19-12/h3-9H2,1-2H3,(H,13,18). The van der Waals surface area contributed by atoms with Crippen molar-refractivity contribution in [1.82, 2.24) is 20.4 Å². The number of urea groups is 1. The third kappa shape index (κ3) is 3.36. The SMILES string of the molecule is CCCNC(=O)N1CCN(c2nnc(CC)o2)CC1. The van der Waals surface area contributed by atoms with E-state index in [1.807, 2.05) is 23.6 Å². The summed E-state index contributed by atoms with van der Waals surface area (Å²) in [5.74, 6) is 0.651. The predicted molar refractivity (Wildman–Crippen MR) is 71.2 cm³/mol. The van der Waals surface area contributed by atoms with Crippen LogP contribution in [0.2, 0.25) is 0 Å². The fourth-order valence-electron chi connectivity index (χ4n) is 1.96. The molecule has 19 heavy (non-hydrogen) atoms. The topological polar surface area (TPSA) is 74.5 Å². The lowest BCUT2D eigenvalue weighted by Crippen LogP contribution is -2.52. The molecule has 7 heteroatoms. The fraction of sp³-hybridized carbons (Fsp3) is 0.750. The second-order valence-electron chi connectivity index (χ2n) is 4.54. The molecule has 2 amide bonds. The van der Waals surface area contributed by atoms with Crippen LogP contribution in [0, 0.1) is 0 Å². The number of rotatable bonds is 4. The maximum absolute atomic E-state index is 11.8. The minimum Gasteiger partial charge on any atom is -0.408 e. The van der Waals surface area contributed by atoms with Crippen LogP contribution < -0.4 is 10.2 Å². The number of carbonyl (C=O) groups excluding carboxylic acids is 1. The zero-order valence-corrected chi connectivity index (χ0v) is 11.6. The Bertz CT molecular complexity index is 412. The number of anilines is 1. The Morgan fingerprint density at radius 3 is 2.58 bits per heavy atom. The van der Waals surface area contributed by atoms with E-state index in [-0.39, 0.29) is 6.03 Å². The van der Waals surface area contributed by atoms with E-state index in [1.165, 1.54) is 0 Å². The fourth-order valence-corrected chi connectivity index (χ4v) is 1.96. The lowest BCUT2D eigenvalue weighted by Gasteiger charge is -2.33. The highest BCUT2D eigenvalue weighted by Crippen LogP contribution is 2.14. The van der Waals surface area contributed by atoms with Crippen LogP contribution in [0.5, 0.6) is 0 Å². The van der Waals surface area contributed by atoms with E-state index in [1.54, 1.807) is 0 Å². The van der Waals surface area contributed by atoms with Crippen LogP contribution in [0.15, 0.2) is 4.42 Å². The molecule has 0 saturated carbocycles. The molecule has 0 unspecified atom stereocenters. The van der Waals surface area contributed by atoms with Gasteiger partial charge in [-0.05, 0) is 6.42 Å². The molecule has 2 rings (SSSR count). The molecule has 1 aromatic heterocycles. The van der Waals surface area contributed by atoms with Gasteiger partial charge in [0.15, 0.2) is 0 Å². The normalized spacial score (nSPS) is 15.7. The summed E-state index contributed by atoms with van der Waals surface area (Å²) in [6.45, 7) is 7.56. The molecule has 1 aromatic rings. The zero-order valence-electron chi connectivity index (χ0n) is 11.6. The number of nitrogens with zero attached hydrogens (tertiary/aromatic N) is 4. The molecule has 1 aliphatic heterocycles. The Morgan fingerprint density at radius 1 is 1.26 bits per heavy atom. The van der Waals surface area contributed by atoms with Gasteiger partial charge >= 0.3 is 12.0 Å². The summed E-state index contributed by atoms with van der Waals surface area (Å²) in [5.41, 5.74) is 0. The molecule has 0 aliphatic carbocycles. The van der Waals surface area contributed by atoms with Gasteiger partial charge in [0.05, 0.1) is 0 Å². The average Bonchev–Trinajstić information content (AvgIpc) is 2.94. The maximum atomic E-state index is 11.8. The molecule has 1 aliphatic rings. The van der Waals surface area contributed by atoms with Gasteiger partial charge in [0.25, 0.3) is 0 Å². The molecular formula is C12H21N5O2. The quantitative estimate of drug-likeness (QED) is 0.876. The van der Waals surface area contributed by atoms with E-state index in [0.29, 0.717) is 25.0 Å². The van der Waals surface area contributed by atoms with Crippen molar-refractivity contribution in [3.63, 3.8) is 0 Å². The third-order valence-corrected chi connectivity index (χ3v) is 3.12. The summed E-state index contributed by atoms with van der Waals surface area (Å²) in [6, 6.07) is 0.576. The maximum Gasteiger partial charge on any atom is 0.318 e. The summed E-state index contributed by atoms with van der Waals surface area (Å²) in [4.78, 5) is 15.6. The first-order chi connectivity index (χ1) is 9.24. The van der Waals surface area contributed by atoms with Crippen LogP contribution in [-0.2, 0) is 6.42 Å². The van der Waals surface area contributed by atoms with Gasteiger partial charge in [-0.1, -0.05) is 18.9 Å². The first-order valence-electron chi connectivity index (χ1n) is 6.84. The number of aryl methyl sites for hydroxylation is 1. The Balaban J connectivity index is 1.83. The van der Waals surface area contributed by atoms with Crippen LogP contribution in [0.3, 0.4) is 0 Å². The predicted octanol–water partition coefficient (Wildman–Crippen LogP) is 0.874. The van der Waals surface area contributed by atoms with Gasteiger partial charge in [0.2, 0.25) is 5.89 Å². The second kappa shape index (κ2) is 6.40. The second-order valence-corrected chi connectivity index (χ2v) is 4.54. The molecule has 1 saturated heterocycles. The number of piperazine rings is 1. The van der Waals surface area contributed by atoms with Crippen LogP contribution in [0.1, 0.15) is 26.2 Å². The Labute approximate surface area is 113 Å². The first-order valence-corrected chi connectivity index (χ1v) is 6.84. The van der Waals surface area contributed by atoms with Gasteiger partial charge in [-0.15, -0.1) is 5.10 Å². The van der Waals surface area contributed by atoms with Gasteiger partial charge < -0.3 is 19.5 Å². The van der Waals surface area contributed by atoms with Crippen molar-refractivity contribution in [3.05, 3.63) is 5.89 Å². The van der Waals surface area contributed by atoms with Crippen LogP contribution >= 0.6 is 0 Å². The highest BCUT2D eigenvalue weighted by Gasteiger charge is 2.23. The largest absolute Gasteiger partial charge is 0.408 e. The van der Waals surface area contributed by atoms with Gasteiger partial charge in [0.1, 0.15) is 0 Å². The lowest BCUT2D eigenvalue weighted by molar-refractivity contribution is 0.193. The van der Waals surface area contributed by atoms with Crippen molar-refractivity contribution in [3.8, 4) is 0 Å². The summed E-state index contributed by atoms with van der Waals surface area (Å²) in [5, 5.41) is 10.9. The number of aromatic nitrogens is 2. The van der Waals surface area contributed by atoms with Gasteiger partial charge in [-0.2, -0.15) is 0 Å². The van der Waals surface area contributed by atoms with E-state index >= 15 is 0 Å². The molecule has 2 heterocycles. The minimum atomic E-state index is 0.0151. The number of carbonyl (C=O) groups is 1. The van der Waals surface area contributed by atoms with Crippen molar-refractivity contribution >= 4 is 12.0 Å². The zero-order chi connectivity index (χ0) is 13.7. The Kier molecular flexibility index (Phi) is 4.59. The van der Waals surface area contributed by atoms with Crippen LogP contribution in [0.4, 0.5) is 10.8 Å². The average molecular weight is 267 g/mol. The van der Waals surface area contributed by atoms with E-state index in [4.69, 9.17) is 4.42 Å². The first kappa shape index (κ1) is 13.6. The van der Waals surface area contributed by atoms with Crippen LogP contribution in [0.25, 0.3) is 0 Å². The van der Waals surface area contributed by atoms with Crippen LogP contribution in [-0.4, -0.2) is 53.9 Å². The van der Waals surface area contributed by atoms with E-state index in [2.05, 4.69) is 15.5 Å². The van der Waals surface area contributed by atoms with E-state index < -0.39 is 0 Å². The Hall–Kier alpha value is -1.79. The molecule has 0 radical (unpaired) electrons. The molecule has 0 bridgehead atoms. The van der Waals surface area contributed by atoms with Crippen molar-refractivity contribution in [2.45, 2.75) is 26.7 Å². The van der Waals surface area contributed by atoms with Gasteiger partial charge in [0, 0.05) is 39.1 Å². The highest BCUT2D eigenvalue weighted by molar-refractivity contribution is 5.74.